The van der Waals surface area contributed by atoms with Crippen molar-refractivity contribution in [1.82, 2.24) is 25.7 Å². The molecule has 3 aliphatic rings. The molecule has 5 rings (SSSR count). The summed E-state index contributed by atoms with van der Waals surface area (Å²) in [7, 11) is 1.62. The van der Waals surface area contributed by atoms with E-state index in [9.17, 15) is 31.1 Å². The summed E-state index contributed by atoms with van der Waals surface area (Å²) in [6.45, 7) is 6.44. The zero-order valence-electron chi connectivity index (χ0n) is 27.2. The number of benzene rings is 2. The first-order valence-corrected chi connectivity index (χ1v) is 16.1. The molecule has 0 aliphatic carbocycles. The van der Waals surface area contributed by atoms with Crippen LogP contribution in [0.2, 0.25) is 0 Å². The van der Waals surface area contributed by atoms with Crippen molar-refractivity contribution in [3.05, 3.63) is 63.7 Å². The van der Waals surface area contributed by atoms with Crippen LogP contribution in [0.25, 0.3) is 0 Å². The molecule has 0 radical (unpaired) electrons. The number of hydrazine groups is 1. The highest BCUT2D eigenvalue weighted by atomic mass is 19.4. The average molecular weight is 685 g/mol. The molecule has 0 saturated carbocycles. The molecular weight excluding hydrogens is 642 g/mol. The quantitative estimate of drug-likeness (QED) is 0.295. The third kappa shape index (κ3) is 8.32. The number of hydrogen-bond donors (Lipinski definition) is 3. The predicted octanol–water partition coefficient (Wildman–Crippen LogP) is 6.00. The van der Waals surface area contributed by atoms with Gasteiger partial charge in [0.05, 0.1) is 17.7 Å². The van der Waals surface area contributed by atoms with E-state index >= 15 is 0 Å². The number of alkyl halides is 6. The third-order valence-corrected chi connectivity index (χ3v) is 9.15. The standard InChI is InChI=1S/C32H42F6N8O2/c1-20-13-21(2)28-26(14-20)27(5-4-9-45(28)18-22-6-10-44(11-7-22)30(48)39-8-12-47)46(29-40-42-43(3)41-29)19-23-15-24(31(33,34)35)17-25(16-23)32(36,37)38/h13-17,22,27,29,41,47H,4-12,18-19H2,1-3H3,(H,39,48). The summed E-state index contributed by atoms with van der Waals surface area (Å²) in [5, 5.41) is 21.4. The van der Waals surface area contributed by atoms with Crippen molar-refractivity contribution in [3.63, 3.8) is 0 Å². The lowest BCUT2D eigenvalue weighted by Crippen LogP contribution is -2.47. The molecule has 2 aromatic carbocycles. The summed E-state index contributed by atoms with van der Waals surface area (Å²) >= 11 is 0. The van der Waals surface area contributed by atoms with Gasteiger partial charge in [0.1, 0.15) is 0 Å². The number of nitrogens with zero attached hydrogens (tertiary/aromatic N) is 6. The molecule has 2 aromatic rings. The fraction of sp³-hybridized carbons (Fsp3) is 0.594. The Bertz CT molecular complexity index is 1450. The van der Waals surface area contributed by atoms with E-state index in [0.29, 0.717) is 38.4 Å². The van der Waals surface area contributed by atoms with Crippen LogP contribution in [0.1, 0.15) is 65.1 Å². The van der Waals surface area contributed by atoms with E-state index in [1.54, 1.807) is 16.8 Å². The highest BCUT2D eigenvalue weighted by Crippen LogP contribution is 2.43. The number of amides is 2. The van der Waals surface area contributed by atoms with Crippen LogP contribution in [0.4, 0.5) is 36.8 Å². The zero-order valence-corrected chi connectivity index (χ0v) is 27.2. The van der Waals surface area contributed by atoms with Crippen molar-refractivity contribution in [2.45, 2.75) is 70.8 Å². The minimum atomic E-state index is -4.96. The molecule has 0 bridgehead atoms. The summed E-state index contributed by atoms with van der Waals surface area (Å²) in [6.07, 6.45) is -7.86. The second-order valence-electron chi connectivity index (χ2n) is 12.8. The number of fused-ring (bicyclic) bond motifs is 1. The Hall–Kier alpha value is -3.63. The number of halogens is 6. The molecule has 16 heteroatoms. The predicted molar refractivity (Wildman–Crippen MR) is 166 cm³/mol. The highest BCUT2D eigenvalue weighted by molar-refractivity contribution is 5.74. The van der Waals surface area contributed by atoms with Crippen molar-refractivity contribution in [2.24, 2.45) is 16.3 Å². The molecule has 3 heterocycles. The van der Waals surface area contributed by atoms with Gasteiger partial charge in [-0.1, -0.05) is 22.9 Å². The number of aliphatic hydroxyl groups excluding tert-OH is 1. The molecule has 2 atom stereocenters. The van der Waals surface area contributed by atoms with Crippen molar-refractivity contribution in [2.75, 3.05) is 51.3 Å². The van der Waals surface area contributed by atoms with Crippen LogP contribution < -0.4 is 15.6 Å². The molecule has 0 aromatic heterocycles. The molecule has 2 amide bonds. The van der Waals surface area contributed by atoms with Crippen LogP contribution in [0.15, 0.2) is 40.7 Å². The van der Waals surface area contributed by atoms with Gasteiger partial charge in [-0.15, -0.1) is 5.11 Å². The Morgan fingerprint density at radius 3 is 2.25 bits per heavy atom. The maximum Gasteiger partial charge on any atom is 0.416 e. The van der Waals surface area contributed by atoms with E-state index in [0.717, 1.165) is 53.9 Å². The Labute approximate surface area is 275 Å². The molecule has 3 N–H and O–H groups in total. The number of piperidine rings is 1. The highest BCUT2D eigenvalue weighted by Gasteiger charge is 2.39. The number of urea groups is 1. The summed E-state index contributed by atoms with van der Waals surface area (Å²) in [5.74, 6) is 0.304. The van der Waals surface area contributed by atoms with Gasteiger partial charge in [-0.3, -0.25) is 4.90 Å². The van der Waals surface area contributed by atoms with E-state index < -0.39 is 35.8 Å². The Morgan fingerprint density at radius 1 is 1.00 bits per heavy atom. The number of nitrogens with one attached hydrogen (secondary N) is 2. The maximum absolute atomic E-state index is 13.8. The maximum atomic E-state index is 13.8. The first-order valence-electron chi connectivity index (χ1n) is 16.1. The van der Waals surface area contributed by atoms with Crippen LogP contribution in [-0.2, 0) is 18.9 Å². The normalized spacial score (nSPS) is 20.8. The largest absolute Gasteiger partial charge is 0.416 e. The Kier molecular flexibility index (Phi) is 10.7. The molecule has 1 fully saturated rings. The monoisotopic (exact) mass is 684 g/mol. The van der Waals surface area contributed by atoms with Gasteiger partial charge in [0, 0.05) is 58.0 Å². The lowest BCUT2D eigenvalue weighted by molar-refractivity contribution is -0.143. The van der Waals surface area contributed by atoms with E-state index in [1.165, 1.54) is 5.12 Å². The molecule has 3 aliphatic heterocycles. The Morgan fingerprint density at radius 2 is 1.67 bits per heavy atom. The smallest absolute Gasteiger partial charge is 0.395 e. The van der Waals surface area contributed by atoms with Crippen molar-refractivity contribution >= 4 is 11.7 Å². The molecular formula is C32H42F6N8O2. The number of likely N-dealkylation sites (tertiary alicyclic amines) is 1. The minimum Gasteiger partial charge on any atom is -0.395 e. The van der Waals surface area contributed by atoms with Crippen molar-refractivity contribution < 1.29 is 36.2 Å². The zero-order chi connectivity index (χ0) is 34.8. The van der Waals surface area contributed by atoms with Crippen molar-refractivity contribution in [3.8, 4) is 0 Å². The van der Waals surface area contributed by atoms with E-state index in [1.807, 2.05) is 13.8 Å². The van der Waals surface area contributed by atoms with Crippen LogP contribution in [-0.4, -0.2) is 78.7 Å². The Balaban J connectivity index is 1.47. The number of carbonyl (C=O) groups excluding carboxylic acids is 1. The number of hydrogen-bond acceptors (Lipinski definition) is 8. The summed E-state index contributed by atoms with van der Waals surface area (Å²) < 4.78 is 82.8. The SMILES string of the molecule is Cc1cc(C)c2c(c1)C(N(Cc1cc(C(F)(F)F)cc(C(F)(F)F)c1)C1N=NN(C)N1)CCCN2CC1CCN(C(=O)NCCO)CC1. The molecule has 1 saturated heterocycles. The topological polar surface area (TPSA) is 99.0 Å². The van der Waals surface area contributed by atoms with E-state index in [4.69, 9.17) is 5.11 Å². The summed E-state index contributed by atoms with van der Waals surface area (Å²) in [6, 6.07) is 5.23. The summed E-state index contributed by atoms with van der Waals surface area (Å²) in [5.41, 5.74) is 4.14. The number of carbonyl (C=O) groups is 1. The van der Waals surface area contributed by atoms with E-state index in [-0.39, 0.29) is 37.4 Å². The lowest BCUT2D eigenvalue weighted by Gasteiger charge is -2.38. The van der Waals surface area contributed by atoms with Crippen LogP contribution in [0.5, 0.6) is 0 Å². The second-order valence-corrected chi connectivity index (χ2v) is 12.8. The van der Waals surface area contributed by atoms with Gasteiger partial charge in [-0.2, -0.15) is 31.8 Å². The molecule has 0 spiro atoms. The van der Waals surface area contributed by atoms with Gasteiger partial charge in [-0.25, -0.2) is 9.91 Å². The van der Waals surface area contributed by atoms with Crippen LogP contribution >= 0.6 is 0 Å². The van der Waals surface area contributed by atoms with Gasteiger partial charge in [0.2, 0.25) is 0 Å². The average Bonchev–Trinajstić information content (AvgIpc) is 3.37. The minimum absolute atomic E-state index is 0.126. The van der Waals surface area contributed by atoms with Gasteiger partial charge in [-0.05, 0) is 80.3 Å². The third-order valence-electron chi connectivity index (χ3n) is 9.15. The molecule has 48 heavy (non-hydrogen) atoms. The molecule has 264 valence electrons. The summed E-state index contributed by atoms with van der Waals surface area (Å²) in [4.78, 5) is 18.3. The van der Waals surface area contributed by atoms with E-state index in [2.05, 4.69) is 38.1 Å². The fourth-order valence-corrected chi connectivity index (χ4v) is 7.03. The number of rotatable bonds is 8. The molecule has 10 nitrogen and oxygen atoms in total. The first-order chi connectivity index (χ1) is 22.6. The van der Waals surface area contributed by atoms with Gasteiger partial charge >= 0.3 is 18.4 Å². The van der Waals surface area contributed by atoms with Crippen molar-refractivity contribution in [1.29, 1.82) is 0 Å². The van der Waals surface area contributed by atoms with Gasteiger partial charge in [0.25, 0.3) is 0 Å². The first kappa shape index (κ1) is 35.7. The van der Waals surface area contributed by atoms with Gasteiger partial charge < -0.3 is 20.2 Å². The lowest BCUT2D eigenvalue weighted by atomic mass is 9.93. The fourth-order valence-electron chi connectivity index (χ4n) is 7.03. The second kappa shape index (κ2) is 14.5. The van der Waals surface area contributed by atoms with Crippen LogP contribution in [0, 0.1) is 19.8 Å². The molecule has 2 unspecified atom stereocenters. The van der Waals surface area contributed by atoms with Crippen LogP contribution in [0.3, 0.4) is 0 Å². The number of aliphatic hydroxyl groups is 1. The number of aryl methyl sites for hydroxylation is 2. The number of anilines is 1. The van der Waals surface area contributed by atoms with Gasteiger partial charge in [0.15, 0.2) is 6.29 Å².